The molecule has 6 fully saturated rings. The minimum Gasteiger partial charge on any atom is -0.472 e. The van der Waals surface area contributed by atoms with E-state index >= 15 is 0 Å². The Balaban J connectivity index is 1.41. The number of carbonyl (C=O) groups is 3. The summed E-state index contributed by atoms with van der Waals surface area (Å²) in [5.74, 6) is -0.780. The van der Waals surface area contributed by atoms with Crippen LogP contribution in [-0.4, -0.2) is 47.7 Å². The van der Waals surface area contributed by atoms with Crippen molar-refractivity contribution in [3.05, 3.63) is 24.2 Å². The van der Waals surface area contributed by atoms with Crippen LogP contribution in [-0.2, 0) is 33.3 Å². The summed E-state index contributed by atoms with van der Waals surface area (Å²) in [6, 6.07) is 1.81. The molecular weight excluding hydrogens is 440 g/mol. The molecule has 0 aromatic carbocycles. The predicted molar refractivity (Wildman–Crippen MR) is 114 cm³/mol. The lowest BCUT2D eigenvalue weighted by Crippen LogP contribution is -2.72. The van der Waals surface area contributed by atoms with E-state index in [1.807, 2.05) is 26.8 Å². The first kappa shape index (κ1) is 21.1. The first-order valence-corrected chi connectivity index (χ1v) is 12.3. The number of ether oxygens (including phenoxy) is 4. The highest BCUT2D eigenvalue weighted by Crippen LogP contribution is 2.79. The number of hydrogen-bond donors (Lipinski definition) is 0. The average Bonchev–Trinajstić information content (AvgIpc) is 3.26. The number of fused-ring (bicyclic) bond motifs is 1. The van der Waals surface area contributed by atoms with Crippen LogP contribution in [0.5, 0.6) is 0 Å². The molecule has 0 amide bonds. The second-order valence-electron chi connectivity index (χ2n) is 12.2. The van der Waals surface area contributed by atoms with Crippen LogP contribution in [0.15, 0.2) is 23.0 Å². The van der Waals surface area contributed by atoms with Crippen molar-refractivity contribution < 1.29 is 37.7 Å². The lowest BCUT2D eigenvalue weighted by molar-refractivity contribution is -0.225. The van der Waals surface area contributed by atoms with Crippen molar-refractivity contribution in [2.75, 3.05) is 6.61 Å². The van der Waals surface area contributed by atoms with Crippen molar-refractivity contribution in [1.82, 2.24) is 0 Å². The minimum absolute atomic E-state index is 0.0677. The number of cyclic esters (lactones) is 2. The zero-order valence-electron chi connectivity index (χ0n) is 19.9. The molecule has 5 heterocycles. The summed E-state index contributed by atoms with van der Waals surface area (Å²) in [6.07, 6.45) is 3.46. The van der Waals surface area contributed by atoms with Crippen molar-refractivity contribution in [2.24, 2.45) is 28.1 Å². The summed E-state index contributed by atoms with van der Waals surface area (Å²) in [4.78, 5) is 39.7. The van der Waals surface area contributed by atoms with Gasteiger partial charge in [-0.3, -0.25) is 9.59 Å². The molecule has 6 aliphatic rings. The van der Waals surface area contributed by atoms with E-state index < -0.39 is 45.6 Å². The van der Waals surface area contributed by atoms with Gasteiger partial charge >= 0.3 is 11.9 Å². The second-order valence-corrected chi connectivity index (χ2v) is 12.2. The van der Waals surface area contributed by atoms with Crippen LogP contribution in [0.4, 0.5) is 0 Å². The van der Waals surface area contributed by atoms with Crippen molar-refractivity contribution in [1.29, 1.82) is 0 Å². The molecule has 9 atom stereocenters. The van der Waals surface area contributed by atoms with Gasteiger partial charge in [0.25, 0.3) is 0 Å². The Morgan fingerprint density at radius 1 is 0.971 bits per heavy atom. The van der Waals surface area contributed by atoms with Crippen molar-refractivity contribution in [3.8, 4) is 0 Å². The lowest BCUT2D eigenvalue weighted by atomic mass is 9.37. The largest absolute Gasteiger partial charge is 0.472 e. The number of epoxide rings is 1. The molecule has 182 valence electrons. The van der Waals surface area contributed by atoms with Crippen LogP contribution in [0.1, 0.15) is 65.0 Å². The highest BCUT2D eigenvalue weighted by molar-refractivity contribution is 5.93. The van der Waals surface area contributed by atoms with Crippen LogP contribution in [0.3, 0.4) is 0 Å². The van der Waals surface area contributed by atoms with Gasteiger partial charge in [0.05, 0.1) is 36.1 Å². The number of Topliss-reactive ketones (excluding diaryl/α,β-unsaturated/α-hetero) is 1. The van der Waals surface area contributed by atoms with Gasteiger partial charge < -0.3 is 23.4 Å². The molecule has 0 bridgehead atoms. The lowest BCUT2D eigenvalue weighted by Gasteiger charge is -2.65. The molecule has 34 heavy (non-hydrogen) atoms. The molecule has 7 rings (SSSR count). The van der Waals surface area contributed by atoms with E-state index in [2.05, 4.69) is 6.92 Å². The van der Waals surface area contributed by atoms with Crippen LogP contribution in [0.25, 0.3) is 0 Å². The Labute approximate surface area is 197 Å². The summed E-state index contributed by atoms with van der Waals surface area (Å²) in [5.41, 5.74) is -2.78. The number of rotatable bonds is 1. The van der Waals surface area contributed by atoms with E-state index in [0.717, 1.165) is 12.0 Å². The van der Waals surface area contributed by atoms with Gasteiger partial charge in [0.1, 0.15) is 24.1 Å². The molecular formula is C26H30O8. The Bertz CT molecular complexity index is 1120. The molecule has 8 heteroatoms. The number of hydrogen-bond acceptors (Lipinski definition) is 8. The smallest absolute Gasteiger partial charge is 0.339 e. The molecule has 4 aliphatic heterocycles. The third-order valence-corrected chi connectivity index (χ3v) is 10.7. The average molecular weight is 471 g/mol. The zero-order valence-corrected chi connectivity index (χ0v) is 19.9. The van der Waals surface area contributed by atoms with E-state index in [-0.39, 0.29) is 42.7 Å². The molecule has 2 spiro atoms. The summed E-state index contributed by atoms with van der Waals surface area (Å²) < 4.78 is 29.8. The molecule has 2 aliphatic carbocycles. The van der Waals surface area contributed by atoms with Crippen LogP contribution >= 0.6 is 0 Å². The van der Waals surface area contributed by atoms with Gasteiger partial charge in [-0.25, -0.2) is 4.79 Å². The SMILES string of the molecule is CC1(C)O[C@H]2CC(=O)OC[C@]23[C@@H]1CC(=O)[C@@]1(C)[C@@H]3CC[C@@]2(C)[C@@H](c3ccoc3)OC(=O)[C@@H]3O[C@@]321. The zero-order chi connectivity index (χ0) is 23.9. The highest BCUT2D eigenvalue weighted by Gasteiger charge is 2.89. The maximum atomic E-state index is 14.2. The van der Waals surface area contributed by atoms with Crippen molar-refractivity contribution in [2.45, 2.75) is 82.9 Å². The number of esters is 2. The minimum atomic E-state index is -0.976. The quantitative estimate of drug-likeness (QED) is 0.455. The van der Waals surface area contributed by atoms with Crippen molar-refractivity contribution in [3.63, 3.8) is 0 Å². The molecule has 8 nitrogen and oxygen atoms in total. The van der Waals surface area contributed by atoms with E-state index in [9.17, 15) is 14.4 Å². The third-order valence-electron chi connectivity index (χ3n) is 10.7. The van der Waals surface area contributed by atoms with E-state index in [1.165, 1.54) is 0 Å². The molecule has 0 radical (unpaired) electrons. The van der Waals surface area contributed by atoms with E-state index in [0.29, 0.717) is 12.8 Å². The highest BCUT2D eigenvalue weighted by atomic mass is 16.7. The van der Waals surface area contributed by atoms with Gasteiger partial charge in [-0.1, -0.05) is 6.92 Å². The molecule has 2 saturated carbocycles. The van der Waals surface area contributed by atoms with Gasteiger partial charge in [-0.15, -0.1) is 0 Å². The van der Waals surface area contributed by atoms with Gasteiger partial charge in [-0.05, 0) is 45.6 Å². The van der Waals surface area contributed by atoms with Crippen LogP contribution < -0.4 is 0 Å². The van der Waals surface area contributed by atoms with Crippen LogP contribution in [0.2, 0.25) is 0 Å². The summed E-state index contributed by atoms with van der Waals surface area (Å²) in [5, 5.41) is 0. The Morgan fingerprint density at radius 2 is 1.76 bits per heavy atom. The maximum Gasteiger partial charge on any atom is 0.339 e. The third kappa shape index (κ3) is 2.02. The van der Waals surface area contributed by atoms with Gasteiger partial charge in [0.15, 0.2) is 6.10 Å². The summed E-state index contributed by atoms with van der Waals surface area (Å²) in [6.45, 7) is 8.36. The molecule has 0 N–H and O–H groups in total. The topological polar surface area (TPSA) is 105 Å². The first-order chi connectivity index (χ1) is 16.0. The fraction of sp³-hybridized carbons (Fsp3) is 0.731. The van der Waals surface area contributed by atoms with Crippen LogP contribution in [0, 0.1) is 28.1 Å². The first-order valence-electron chi connectivity index (χ1n) is 12.3. The standard InChI is InChI=1S/C26H30O8/c1-22(2)15-9-16(27)24(4)14(25(15)12-31-18(28)10-17(25)33-22)5-7-23(3)19(13-6-8-30-11-13)32-21(29)20-26(23,24)34-20/h6,8,11,14-15,17,19-20H,5,7,9-10,12H2,1-4H3/t14-,15+,17-,19+,20-,23-,24+,25-,26-/m0/s1. The van der Waals surface area contributed by atoms with Gasteiger partial charge in [0.2, 0.25) is 0 Å². The Kier molecular flexibility index (Phi) is 3.70. The van der Waals surface area contributed by atoms with Gasteiger partial charge in [-0.2, -0.15) is 0 Å². The second kappa shape index (κ2) is 5.95. The predicted octanol–water partition coefficient (Wildman–Crippen LogP) is 3.14. The Morgan fingerprint density at radius 3 is 2.50 bits per heavy atom. The number of ketones is 1. The number of furan rings is 1. The van der Waals surface area contributed by atoms with E-state index in [4.69, 9.17) is 23.4 Å². The normalized spacial score (nSPS) is 52.4. The Hall–Kier alpha value is -2.19. The van der Waals surface area contributed by atoms with Gasteiger partial charge in [0, 0.05) is 28.7 Å². The summed E-state index contributed by atoms with van der Waals surface area (Å²) in [7, 11) is 0. The monoisotopic (exact) mass is 470 g/mol. The molecule has 1 aromatic heterocycles. The summed E-state index contributed by atoms with van der Waals surface area (Å²) >= 11 is 0. The fourth-order valence-electron chi connectivity index (χ4n) is 9.34. The van der Waals surface area contributed by atoms with E-state index in [1.54, 1.807) is 12.5 Å². The van der Waals surface area contributed by atoms with Crippen molar-refractivity contribution >= 4 is 17.7 Å². The number of carbonyl (C=O) groups excluding carboxylic acids is 3. The fourth-order valence-corrected chi connectivity index (χ4v) is 9.34. The molecule has 1 aromatic rings. The molecule has 0 unspecified atom stereocenters. The maximum absolute atomic E-state index is 14.2. The molecule has 4 saturated heterocycles.